The van der Waals surface area contributed by atoms with Crippen LogP contribution in [0.5, 0.6) is 0 Å². The molecular weight excluding hydrogens is 296 g/mol. The summed E-state index contributed by atoms with van der Waals surface area (Å²) in [6.07, 6.45) is 0. The van der Waals surface area contributed by atoms with Gasteiger partial charge in [0.1, 0.15) is 5.69 Å². The van der Waals surface area contributed by atoms with Gasteiger partial charge >= 0.3 is 5.97 Å². The SMILES string of the molecule is Cc1ccc([N+](=O)[O-])c(Nc2ccc(C(=O)O)cc2Cl)c1. The number of nitrogens with zero attached hydrogens (tertiary/aromatic N) is 1. The monoisotopic (exact) mass is 306 g/mol. The van der Waals surface area contributed by atoms with E-state index in [0.29, 0.717) is 11.4 Å². The van der Waals surface area contributed by atoms with Crippen LogP contribution in [0.3, 0.4) is 0 Å². The number of anilines is 2. The van der Waals surface area contributed by atoms with Crippen LogP contribution >= 0.6 is 11.6 Å². The molecule has 0 heterocycles. The van der Waals surface area contributed by atoms with E-state index in [1.54, 1.807) is 12.1 Å². The molecule has 0 aliphatic heterocycles. The highest BCUT2D eigenvalue weighted by atomic mass is 35.5. The van der Waals surface area contributed by atoms with Gasteiger partial charge in [0.05, 0.1) is 21.2 Å². The van der Waals surface area contributed by atoms with Gasteiger partial charge in [-0.05, 0) is 36.8 Å². The van der Waals surface area contributed by atoms with Crippen molar-refractivity contribution in [2.45, 2.75) is 6.92 Å². The van der Waals surface area contributed by atoms with Crippen LogP contribution in [0.25, 0.3) is 0 Å². The van der Waals surface area contributed by atoms with Crippen molar-refractivity contribution in [3.05, 3.63) is 62.7 Å². The number of carbonyl (C=O) groups is 1. The maximum Gasteiger partial charge on any atom is 0.335 e. The lowest BCUT2D eigenvalue weighted by molar-refractivity contribution is -0.383. The third kappa shape index (κ3) is 3.29. The van der Waals surface area contributed by atoms with Crippen molar-refractivity contribution in [3.63, 3.8) is 0 Å². The smallest absolute Gasteiger partial charge is 0.335 e. The van der Waals surface area contributed by atoms with Crippen LogP contribution < -0.4 is 5.32 Å². The Morgan fingerprint density at radius 3 is 2.52 bits per heavy atom. The van der Waals surface area contributed by atoms with Crippen molar-refractivity contribution in [1.82, 2.24) is 0 Å². The van der Waals surface area contributed by atoms with Gasteiger partial charge in [0, 0.05) is 6.07 Å². The van der Waals surface area contributed by atoms with Crippen molar-refractivity contribution < 1.29 is 14.8 Å². The number of carboxylic acids is 1. The summed E-state index contributed by atoms with van der Waals surface area (Å²) in [6, 6.07) is 8.79. The summed E-state index contributed by atoms with van der Waals surface area (Å²) < 4.78 is 0. The summed E-state index contributed by atoms with van der Waals surface area (Å²) in [6.45, 7) is 1.81. The fraction of sp³-hybridized carbons (Fsp3) is 0.0714. The highest BCUT2D eigenvalue weighted by Crippen LogP contribution is 2.32. The summed E-state index contributed by atoms with van der Waals surface area (Å²) in [5.41, 5.74) is 1.50. The van der Waals surface area contributed by atoms with Crippen LogP contribution in [0.15, 0.2) is 36.4 Å². The maximum absolute atomic E-state index is 11.0. The third-order valence-electron chi connectivity index (χ3n) is 2.83. The van der Waals surface area contributed by atoms with E-state index in [0.717, 1.165) is 5.56 Å². The molecule has 0 bridgehead atoms. The zero-order chi connectivity index (χ0) is 15.6. The van der Waals surface area contributed by atoms with E-state index >= 15 is 0 Å². The fourth-order valence-electron chi connectivity index (χ4n) is 1.80. The Morgan fingerprint density at radius 2 is 1.95 bits per heavy atom. The Labute approximate surface area is 125 Å². The maximum atomic E-state index is 11.0. The van der Waals surface area contributed by atoms with Crippen molar-refractivity contribution >= 4 is 34.6 Å². The molecule has 108 valence electrons. The predicted molar refractivity (Wildman–Crippen MR) is 79.5 cm³/mol. The summed E-state index contributed by atoms with van der Waals surface area (Å²) >= 11 is 6.00. The van der Waals surface area contributed by atoms with Gasteiger partial charge in [-0.25, -0.2) is 4.79 Å². The standard InChI is InChI=1S/C14H11ClN2O4/c1-8-2-5-13(17(20)21)12(6-8)16-11-4-3-9(14(18)19)7-10(11)15/h2-7,16H,1H3,(H,18,19). The Hall–Kier alpha value is -2.60. The van der Waals surface area contributed by atoms with E-state index in [9.17, 15) is 14.9 Å². The molecule has 0 radical (unpaired) electrons. The Morgan fingerprint density at radius 1 is 1.24 bits per heavy atom. The molecule has 0 spiro atoms. The van der Waals surface area contributed by atoms with Gasteiger partial charge in [0.25, 0.3) is 5.69 Å². The number of nitro groups is 1. The number of nitro benzene ring substituents is 1. The van der Waals surface area contributed by atoms with Crippen molar-refractivity contribution in [3.8, 4) is 0 Å². The second-order valence-corrected chi connectivity index (χ2v) is 4.81. The zero-order valence-corrected chi connectivity index (χ0v) is 11.7. The average Bonchev–Trinajstić information content (AvgIpc) is 2.40. The van der Waals surface area contributed by atoms with Crippen LogP contribution in [0.2, 0.25) is 5.02 Å². The van der Waals surface area contributed by atoms with Gasteiger partial charge in [-0.3, -0.25) is 10.1 Å². The first-order valence-electron chi connectivity index (χ1n) is 5.93. The summed E-state index contributed by atoms with van der Waals surface area (Å²) in [7, 11) is 0. The van der Waals surface area contributed by atoms with Gasteiger partial charge in [-0.1, -0.05) is 17.7 Å². The van der Waals surface area contributed by atoms with Crippen LogP contribution in [0.1, 0.15) is 15.9 Å². The van der Waals surface area contributed by atoms with E-state index in [1.807, 2.05) is 6.92 Å². The molecule has 2 N–H and O–H groups in total. The van der Waals surface area contributed by atoms with Gasteiger partial charge in [-0.15, -0.1) is 0 Å². The van der Waals surface area contributed by atoms with Crippen molar-refractivity contribution in [2.75, 3.05) is 5.32 Å². The molecule has 2 rings (SSSR count). The molecule has 0 unspecified atom stereocenters. The fourth-order valence-corrected chi connectivity index (χ4v) is 2.03. The summed E-state index contributed by atoms with van der Waals surface area (Å²) in [5.74, 6) is -1.09. The van der Waals surface area contributed by atoms with Crippen molar-refractivity contribution in [1.29, 1.82) is 0 Å². The lowest BCUT2D eigenvalue weighted by Gasteiger charge is -2.10. The molecule has 0 aliphatic rings. The van der Waals surface area contributed by atoms with Crippen molar-refractivity contribution in [2.24, 2.45) is 0 Å². The molecule has 6 nitrogen and oxygen atoms in total. The van der Waals surface area contributed by atoms with Crippen LogP contribution in [0, 0.1) is 17.0 Å². The van der Waals surface area contributed by atoms with E-state index in [-0.39, 0.29) is 16.3 Å². The molecule has 0 aliphatic carbocycles. The topological polar surface area (TPSA) is 92.5 Å². The molecule has 0 fully saturated rings. The molecule has 0 amide bonds. The molecular formula is C14H11ClN2O4. The lowest BCUT2D eigenvalue weighted by Crippen LogP contribution is -2.00. The molecule has 7 heteroatoms. The van der Waals surface area contributed by atoms with Gasteiger partial charge < -0.3 is 10.4 Å². The normalized spacial score (nSPS) is 10.2. The van der Waals surface area contributed by atoms with Crippen LogP contribution in [-0.4, -0.2) is 16.0 Å². The number of carboxylic acid groups (broad SMARTS) is 1. The van der Waals surface area contributed by atoms with E-state index in [2.05, 4.69) is 5.32 Å². The number of rotatable bonds is 4. The van der Waals surface area contributed by atoms with Gasteiger partial charge in [0.2, 0.25) is 0 Å². The first kappa shape index (κ1) is 14.8. The Balaban J connectivity index is 2.40. The number of hydrogen-bond donors (Lipinski definition) is 2. The molecule has 0 saturated heterocycles. The minimum Gasteiger partial charge on any atom is -0.478 e. The number of hydrogen-bond acceptors (Lipinski definition) is 4. The van der Waals surface area contributed by atoms with E-state index in [1.165, 1.54) is 24.3 Å². The van der Waals surface area contributed by atoms with Gasteiger partial charge in [-0.2, -0.15) is 0 Å². The number of nitrogens with one attached hydrogen (secondary N) is 1. The Kier molecular flexibility index (Phi) is 4.09. The molecule has 21 heavy (non-hydrogen) atoms. The Bertz CT molecular complexity index is 731. The third-order valence-corrected chi connectivity index (χ3v) is 3.15. The highest BCUT2D eigenvalue weighted by molar-refractivity contribution is 6.33. The molecule has 0 atom stereocenters. The number of aromatic carboxylic acids is 1. The van der Waals surface area contributed by atoms with Crippen LogP contribution in [0.4, 0.5) is 17.1 Å². The van der Waals surface area contributed by atoms with Gasteiger partial charge in [0.15, 0.2) is 0 Å². The molecule has 2 aromatic carbocycles. The zero-order valence-electron chi connectivity index (χ0n) is 11.0. The minimum atomic E-state index is -1.09. The molecule has 0 saturated carbocycles. The first-order chi connectivity index (χ1) is 9.88. The second kappa shape index (κ2) is 5.80. The van der Waals surface area contributed by atoms with E-state index < -0.39 is 10.9 Å². The number of aryl methyl sites for hydroxylation is 1. The second-order valence-electron chi connectivity index (χ2n) is 4.40. The molecule has 0 aromatic heterocycles. The summed E-state index contributed by atoms with van der Waals surface area (Å²) in [5, 5.41) is 22.9. The summed E-state index contributed by atoms with van der Waals surface area (Å²) in [4.78, 5) is 21.4. The van der Waals surface area contributed by atoms with Crippen LogP contribution in [-0.2, 0) is 0 Å². The quantitative estimate of drug-likeness (QED) is 0.658. The number of halogens is 1. The largest absolute Gasteiger partial charge is 0.478 e. The van der Waals surface area contributed by atoms with E-state index in [4.69, 9.17) is 16.7 Å². The predicted octanol–water partition coefficient (Wildman–Crippen LogP) is 4.00. The minimum absolute atomic E-state index is 0.0456. The highest BCUT2D eigenvalue weighted by Gasteiger charge is 2.15. The average molecular weight is 307 g/mol. The lowest BCUT2D eigenvalue weighted by atomic mass is 10.1. The number of benzene rings is 2. The molecule has 2 aromatic rings. The first-order valence-corrected chi connectivity index (χ1v) is 6.31.